The highest BCUT2D eigenvalue weighted by atomic mass is 32.1. The average molecular weight is 400 g/mol. The second-order valence-electron chi connectivity index (χ2n) is 6.94. The fraction of sp³-hybridized carbons (Fsp3) is 0.409. The molecule has 1 saturated heterocycles. The molecule has 28 heavy (non-hydrogen) atoms. The first-order valence-corrected chi connectivity index (χ1v) is 10.1. The molecular formula is C22H29N3O2S. The molecule has 0 bridgehead atoms. The van der Waals surface area contributed by atoms with Gasteiger partial charge in [0.15, 0.2) is 5.11 Å². The van der Waals surface area contributed by atoms with Gasteiger partial charge in [0.25, 0.3) is 0 Å². The Balaban J connectivity index is 1.55. The molecule has 0 spiro atoms. The van der Waals surface area contributed by atoms with Crippen molar-refractivity contribution in [1.29, 1.82) is 0 Å². The summed E-state index contributed by atoms with van der Waals surface area (Å²) in [5.41, 5.74) is 2.45. The summed E-state index contributed by atoms with van der Waals surface area (Å²) in [6.07, 6.45) is 2.51. The van der Waals surface area contributed by atoms with Crippen LogP contribution in [-0.2, 0) is 6.54 Å². The monoisotopic (exact) mass is 399 g/mol. The summed E-state index contributed by atoms with van der Waals surface area (Å²) in [5.74, 6) is 1.74. The number of ether oxygens (including phenoxy) is 2. The van der Waals surface area contributed by atoms with Gasteiger partial charge in [-0.15, -0.1) is 0 Å². The Bertz CT molecular complexity index is 743. The van der Waals surface area contributed by atoms with E-state index in [0.29, 0.717) is 17.7 Å². The minimum atomic E-state index is 0.300. The van der Waals surface area contributed by atoms with Gasteiger partial charge in [-0.1, -0.05) is 24.3 Å². The van der Waals surface area contributed by atoms with Crippen molar-refractivity contribution >= 4 is 17.3 Å². The number of hydrogen-bond acceptors (Lipinski definition) is 4. The summed E-state index contributed by atoms with van der Waals surface area (Å²) >= 11 is 5.50. The van der Waals surface area contributed by atoms with Crippen LogP contribution in [0.15, 0.2) is 48.5 Å². The average Bonchev–Trinajstić information content (AvgIpc) is 3.28. The van der Waals surface area contributed by atoms with Gasteiger partial charge >= 0.3 is 0 Å². The Morgan fingerprint density at radius 2 is 1.50 bits per heavy atom. The molecule has 1 unspecified atom stereocenters. The van der Waals surface area contributed by atoms with E-state index in [9.17, 15) is 0 Å². The maximum absolute atomic E-state index is 5.50. The first kappa shape index (κ1) is 20.4. The van der Waals surface area contributed by atoms with E-state index in [1.165, 1.54) is 18.4 Å². The van der Waals surface area contributed by atoms with Gasteiger partial charge in [-0.25, -0.2) is 0 Å². The normalized spacial score (nSPS) is 15.1. The molecule has 2 aromatic rings. The Labute approximate surface area is 173 Å². The van der Waals surface area contributed by atoms with E-state index in [2.05, 4.69) is 27.7 Å². The lowest BCUT2D eigenvalue weighted by molar-refractivity contribution is 0.245. The zero-order valence-corrected chi connectivity index (χ0v) is 17.4. The van der Waals surface area contributed by atoms with Gasteiger partial charge in [-0.3, -0.25) is 4.90 Å². The largest absolute Gasteiger partial charge is 0.497 e. The van der Waals surface area contributed by atoms with E-state index in [0.717, 1.165) is 36.7 Å². The molecule has 0 amide bonds. The fourth-order valence-corrected chi connectivity index (χ4v) is 3.67. The summed E-state index contributed by atoms with van der Waals surface area (Å²) in [5, 5.41) is 7.37. The molecule has 0 radical (unpaired) electrons. The van der Waals surface area contributed by atoms with Gasteiger partial charge in [0.1, 0.15) is 11.5 Å². The van der Waals surface area contributed by atoms with E-state index in [1.54, 1.807) is 14.2 Å². The van der Waals surface area contributed by atoms with Crippen molar-refractivity contribution in [2.45, 2.75) is 25.4 Å². The maximum atomic E-state index is 5.50. The second-order valence-corrected chi connectivity index (χ2v) is 7.35. The third kappa shape index (κ3) is 5.59. The Hall–Kier alpha value is -2.31. The molecule has 2 aromatic carbocycles. The van der Waals surface area contributed by atoms with Gasteiger partial charge in [0.05, 0.1) is 20.3 Å². The van der Waals surface area contributed by atoms with Crippen LogP contribution < -0.4 is 20.1 Å². The van der Waals surface area contributed by atoms with Crippen molar-refractivity contribution < 1.29 is 9.47 Å². The lowest BCUT2D eigenvalue weighted by Gasteiger charge is -2.29. The van der Waals surface area contributed by atoms with Crippen LogP contribution in [0.5, 0.6) is 11.5 Å². The van der Waals surface area contributed by atoms with Gasteiger partial charge in [0, 0.05) is 13.1 Å². The Morgan fingerprint density at radius 3 is 2.07 bits per heavy atom. The minimum Gasteiger partial charge on any atom is -0.497 e. The van der Waals surface area contributed by atoms with Crippen molar-refractivity contribution in [2.75, 3.05) is 33.9 Å². The first-order chi connectivity index (χ1) is 13.7. The number of methoxy groups -OCH3 is 2. The molecule has 5 nitrogen and oxygen atoms in total. The molecule has 1 fully saturated rings. The zero-order valence-electron chi connectivity index (χ0n) is 16.6. The predicted molar refractivity (Wildman–Crippen MR) is 117 cm³/mol. The predicted octanol–water partition coefficient (Wildman–Crippen LogP) is 3.51. The van der Waals surface area contributed by atoms with Crippen LogP contribution in [0.1, 0.15) is 30.0 Å². The topological polar surface area (TPSA) is 45.8 Å². The highest BCUT2D eigenvalue weighted by Crippen LogP contribution is 2.26. The van der Waals surface area contributed by atoms with Gasteiger partial charge < -0.3 is 20.1 Å². The molecule has 1 heterocycles. The van der Waals surface area contributed by atoms with Gasteiger partial charge in [0.2, 0.25) is 0 Å². The van der Waals surface area contributed by atoms with E-state index >= 15 is 0 Å². The lowest BCUT2D eigenvalue weighted by Crippen LogP contribution is -2.41. The standard InChI is InChI=1S/C22H29N3O2S/c1-26-19-9-5-17(6-10-19)15-23-22(28)24-16-21(25-13-3-4-14-25)18-7-11-20(27-2)12-8-18/h5-12,21H,3-4,13-16H2,1-2H3,(H2,23,24,28). The van der Waals surface area contributed by atoms with Crippen LogP contribution in [-0.4, -0.2) is 43.9 Å². The van der Waals surface area contributed by atoms with Crippen LogP contribution in [0.25, 0.3) is 0 Å². The fourth-order valence-electron chi connectivity index (χ4n) is 3.51. The van der Waals surface area contributed by atoms with E-state index in [4.69, 9.17) is 21.7 Å². The minimum absolute atomic E-state index is 0.300. The quantitative estimate of drug-likeness (QED) is 0.663. The van der Waals surface area contributed by atoms with E-state index in [1.807, 2.05) is 36.4 Å². The smallest absolute Gasteiger partial charge is 0.166 e. The lowest BCUT2D eigenvalue weighted by atomic mass is 10.1. The summed E-state index contributed by atoms with van der Waals surface area (Å²) in [6, 6.07) is 16.7. The highest BCUT2D eigenvalue weighted by molar-refractivity contribution is 7.80. The van der Waals surface area contributed by atoms with Crippen LogP contribution in [0, 0.1) is 0 Å². The molecule has 3 rings (SSSR count). The van der Waals surface area contributed by atoms with Gasteiger partial charge in [-0.05, 0) is 73.5 Å². The summed E-state index contributed by atoms with van der Waals surface area (Å²) in [6.45, 7) is 3.72. The van der Waals surface area contributed by atoms with Gasteiger partial charge in [-0.2, -0.15) is 0 Å². The summed E-state index contributed by atoms with van der Waals surface area (Å²) < 4.78 is 10.5. The number of nitrogens with zero attached hydrogens (tertiary/aromatic N) is 1. The molecular weight excluding hydrogens is 370 g/mol. The number of benzene rings is 2. The number of nitrogens with one attached hydrogen (secondary N) is 2. The van der Waals surface area contributed by atoms with E-state index < -0.39 is 0 Å². The van der Waals surface area contributed by atoms with Crippen molar-refractivity contribution in [2.24, 2.45) is 0 Å². The molecule has 2 N–H and O–H groups in total. The number of likely N-dealkylation sites (tertiary alicyclic amines) is 1. The van der Waals surface area contributed by atoms with Crippen LogP contribution >= 0.6 is 12.2 Å². The molecule has 1 atom stereocenters. The van der Waals surface area contributed by atoms with Crippen LogP contribution in [0.4, 0.5) is 0 Å². The third-order valence-electron chi connectivity index (χ3n) is 5.15. The molecule has 1 aliphatic rings. The molecule has 6 heteroatoms. The summed E-state index contributed by atoms with van der Waals surface area (Å²) in [4.78, 5) is 2.53. The number of rotatable bonds is 8. The number of thiocarbonyl (C=S) groups is 1. The summed E-state index contributed by atoms with van der Waals surface area (Å²) in [7, 11) is 3.37. The second kappa shape index (κ2) is 10.3. The molecule has 0 aliphatic carbocycles. The molecule has 1 aliphatic heterocycles. The number of hydrogen-bond donors (Lipinski definition) is 2. The van der Waals surface area contributed by atoms with Crippen molar-refractivity contribution in [3.8, 4) is 11.5 Å². The SMILES string of the molecule is COc1ccc(CNC(=S)NCC(c2ccc(OC)cc2)N2CCCC2)cc1. The van der Waals surface area contributed by atoms with Crippen molar-refractivity contribution in [1.82, 2.24) is 15.5 Å². The van der Waals surface area contributed by atoms with Crippen molar-refractivity contribution in [3.05, 3.63) is 59.7 Å². The van der Waals surface area contributed by atoms with E-state index in [-0.39, 0.29) is 0 Å². The van der Waals surface area contributed by atoms with Crippen molar-refractivity contribution in [3.63, 3.8) is 0 Å². The zero-order chi connectivity index (χ0) is 19.8. The first-order valence-electron chi connectivity index (χ1n) is 9.72. The molecule has 0 saturated carbocycles. The van der Waals surface area contributed by atoms with Crippen LogP contribution in [0.2, 0.25) is 0 Å². The Morgan fingerprint density at radius 1 is 0.929 bits per heavy atom. The molecule has 0 aromatic heterocycles. The Kier molecular flexibility index (Phi) is 7.51. The molecule has 150 valence electrons. The van der Waals surface area contributed by atoms with Crippen LogP contribution in [0.3, 0.4) is 0 Å². The third-order valence-corrected chi connectivity index (χ3v) is 5.44. The maximum Gasteiger partial charge on any atom is 0.166 e. The highest BCUT2D eigenvalue weighted by Gasteiger charge is 2.23.